The van der Waals surface area contributed by atoms with Gasteiger partial charge in [-0.1, -0.05) is 23.9 Å². The van der Waals surface area contributed by atoms with Gasteiger partial charge in [0.25, 0.3) is 0 Å². The molecule has 0 fully saturated rings. The molecule has 1 aliphatic rings. The molecule has 0 aliphatic carbocycles. The molecule has 0 saturated heterocycles. The van der Waals surface area contributed by atoms with Crippen LogP contribution in [0.1, 0.15) is 0 Å². The van der Waals surface area contributed by atoms with Crippen LogP contribution in [0.3, 0.4) is 0 Å². The van der Waals surface area contributed by atoms with Crippen molar-refractivity contribution in [1.29, 1.82) is 0 Å². The van der Waals surface area contributed by atoms with Crippen LogP contribution in [0.15, 0.2) is 35.9 Å². The summed E-state index contributed by atoms with van der Waals surface area (Å²) >= 11 is 1.59. The van der Waals surface area contributed by atoms with Crippen LogP contribution < -0.4 is 15.4 Å². The van der Waals surface area contributed by atoms with Gasteiger partial charge in [-0.05, 0) is 17.5 Å². The Labute approximate surface area is 87.5 Å². The minimum atomic E-state index is -0.0497. The predicted molar refractivity (Wildman–Crippen MR) is 60.2 cm³/mol. The number of anilines is 1. The molecule has 1 aromatic rings. The maximum atomic E-state index is 5.91. The number of nitrogens with zero attached hydrogens (tertiary/aromatic N) is 1. The highest BCUT2D eigenvalue weighted by atomic mass is 32.2. The Hall–Kier alpha value is -1.13. The molecule has 14 heavy (non-hydrogen) atoms. The number of rotatable bonds is 2. The van der Waals surface area contributed by atoms with Gasteiger partial charge in [-0.15, -0.1) is 0 Å². The molecule has 0 saturated carbocycles. The maximum Gasteiger partial charge on any atom is 0.142 e. The zero-order valence-corrected chi connectivity index (χ0v) is 8.70. The van der Waals surface area contributed by atoms with Crippen LogP contribution in [0.25, 0.3) is 0 Å². The standard InChI is InChI=1S/C10H12N2OS/c1-13-9-5-3-2-4-8(9)12-6-7-14-10(12)11/h2-7,10H,11H2,1H3. The van der Waals surface area contributed by atoms with Crippen LogP contribution in [-0.4, -0.2) is 12.6 Å². The van der Waals surface area contributed by atoms with Gasteiger partial charge in [-0.2, -0.15) is 0 Å². The van der Waals surface area contributed by atoms with Gasteiger partial charge in [0.1, 0.15) is 11.2 Å². The Morgan fingerprint density at radius 1 is 1.43 bits per heavy atom. The molecule has 0 aromatic heterocycles. The molecule has 1 heterocycles. The summed E-state index contributed by atoms with van der Waals surface area (Å²) in [6, 6.07) is 7.84. The van der Waals surface area contributed by atoms with Gasteiger partial charge in [-0.25, -0.2) is 0 Å². The van der Waals surface area contributed by atoms with Crippen molar-refractivity contribution in [3.63, 3.8) is 0 Å². The second-order valence-corrected chi connectivity index (χ2v) is 3.92. The van der Waals surface area contributed by atoms with Crippen LogP contribution in [0.4, 0.5) is 5.69 Å². The zero-order valence-electron chi connectivity index (χ0n) is 7.88. The molecule has 0 bridgehead atoms. The van der Waals surface area contributed by atoms with Crippen LogP contribution in [0.2, 0.25) is 0 Å². The lowest BCUT2D eigenvalue weighted by atomic mass is 10.3. The Bertz CT molecular complexity index is 354. The normalized spacial score (nSPS) is 20.1. The molecule has 1 aliphatic heterocycles. The Morgan fingerprint density at radius 2 is 2.21 bits per heavy atom. The van der Waals surface area contributed by atoms with Gasteiger partial charge in [0.2, 0.25) is 0 Å². The second kappa shape index (κ2) is 3.94. The van der Waals surface area contributed by atoms with Crippen molar-refractivity contribution in [2.75, 3.05) is 12.0 Å². The third-order valence-electron chi connectivity index (χ3n) is 2.08. The monoisotopic (exact) mass is 208 g/mol. The van der Waals surface area contributed by atoms with Crippen molar-refractivity contribution in [2.24, 2.45) is 5.73 Å². The molecular formula is C10H12N2OS. The van der Waals surface area contributed by atoms with Crippen molar-refractivity contribution in [2.45, 2.75) is 5.50 Å². The van der Waals surface area contributed by atoms with E-state index in [1.165, 1.54) is 0 Å². The summed E-state index contributed by atoms with van der Waals surface area (Å²) in [5.74, 6) is 0.843. The van der Waals surface area contributed by atoms with Crippen LogP contribution in [0, 0.1) is 0 Å². The van der Waals surface area contributed by atoms with E-state index in [2.05, 4.69) is 0 Å². The first-order chi connectivity index (χ1) is 6.83. The highest BCUT2D eigenvalue weighted by Crippen LogP contribution is 2.34. The van der Waals surface area contributed by atoms with E-state index in [-0.39, 0.29) is 5.50 Å². The van der Waals surface area contributed by atoms with Gasteiger partial charge >= 0.3 is 0 Å². The van der Waals surface area contributed by atoms with Gasteiger partial charge < -0.3 is 15.4 Å². The second-order valence-electron chi connectivity index (χ2n) is 2.89. The highest BCUT2D eigenvalue weighted by molar-refractivity contribution is 8.03. The van der Waals surface area contributed by atoms with E-state index in [1.807, 2.05) is 40.8 Å². The molecule has 2 N–H and O–H groups in total. The van der Waals surface area contributed by atoms with E-state index < -0.39 is 0 Å². The van der Waals surface area contributed by atoms with Gasteiger partial charge in [0.15, 0.2) is 0 Å². The third-order valence-corrected chi connectivity index (χ3v) is 2.86. The van der Waals surface area contributed by atoms with Crippen LogP contribution >= 0.6 is 11.8 Å². The number of para-hydroxylation sites is 2. The number of thioether (sulfide) groups is 1. The van der Waals surface area contributed by atoms with E-state index >= 15 is 0 Å². The minimum Gasteiger partial charge on any atom is -0.495 e. The number of hydrogen-bond acceptors (Lipinski definition) is 4. The predicted octanol–water partition coefficient (Wildman–Crippen LogP) is 1.96. The number of methoxy groups -OCH3 is 1. The minimum absolute atomic E-state index is 0.0497. The molecular weight excluding hydrogens is 196 g/mol. The van der Waals surface area contributed by atoms with Gasteiger partial charge in [0, 0.05) is 6.20 Å². The van der Waals surface area contributed by atoms with E-state index in [4.69, 9.17) is 10.5 Å². The van der Waals surface area contributed by atoms with Crippen molar-refractivity contribution >= 4 is 17.4 Å². The van der Waals surface area contributed by atoms with Crippen LogP contribution in [0.5, 0.6) is 5.75 Å². The SMILES string of the molecule is COc1ccccc1N1C=CSC1N. The number of ether oxygens (including phenoxy) is 1. The van der Waals surface area contributed by atoms with Crippen molar-refractivity contribution in [1.82, 2.24) is 0 Å². The van der Waals surface area contributed by atoms with Gasteiger partial charge in [0.05, 0.1) is 12.8 Å². The lowest BCUT2D eigenvalue weighted by Crippen LogP contribution is -2.32. The number of nitrogens with two attached hydrogens (primary N) is 1. The molecule has 1 aromatic carbocycles. The van der Waals surface area contributed by atoms with Crippen molar-refractivity contribution in [3.8, 4) is 5.75 Å². The molecule has 0 amide bonds. The van der Waals surface area contributed by atoms with E-state index in [9.17, 15) is 0 Å². The van der Waals surface area contributed by atoms with E-state index in [0.29, 0.717) is 0 Å². The highest BCUT2D eigenvalue weighted by Gasteiger charge is 2.19. The quantitative estimate of drug-likeness (QED) is 0.806. The lowest BCUT2D eigenvalue weighted by Gasteiger charge is -2.22. The fraction of sp³-hybridized carbons (Fsp3) is 0.200. The summed E-state index contributed by atoms with van der Waals surface area (Å²) in [6.07, 6.45) is 1.97. The van der Waals surface area contributed by atoms with E-state index in [0.717, 1.165) is 11.4 Å². The van der Waals surface area contributed by atoms with Crippen molar-refractivity contribution in [3.05, 3.63) is 35.9 Å². The first-order valence-corrected chi connectivity index (χ1v) is 5.26. The lowest BCUT2D eigenvalue weighted by molar-refractivity contribution is 0.415. The summed E-state index contributed by atoms with van der Waals surface area (Å²) in [5.41, 5.74) is 6.86. The molecule has 1 unspecified atom stereocenters. The first-order valence-electron chi connectivity index (χ1n) is 4.32. The third kappa shape index (κ3) is 1.58. The zero-order chi connectivity index (χ0) is 9.97. The largest absolute Gasteiger partial charge is 0.495 e. The summed E-state index contributed by atoms with van der Waals surface area (Å²) in [5, 5.41) is 1.98. The molecule has 4 heteroatoms. The van der Waals surface area contributed by atoms with Crippen molar-refractivity contribution < 1.29 is 4.74 Å². The molecule has 3 nitrogen and oxygen atoms in total. The average molecular weight is 208 g/mol. The summed E-state index contributed by atoms with van der Waals surface area (Å²) in [4.78, 5) is 1.99. The molecule has 0 spiro atoms. The molecule has 74 valence electrons. The first kappa shape index (κ1) is 9.43. The maximum absolute atomic E-state index is 5.91. The Balaban J connectivity index is 2.35. The Kier molecular flexibility index (Phi) is 2.65. The average Bonchev–Trinajstić information content (AvgIpc) is 2.64. The Morgan fingerprint density at radius 3 is 2.86 bits per heavy atom. The number of benzene rings is 1. The fourth-order valence-electron chi connectivity index (χ4n) is 1.39. The van der Waals surface area contributed by atoms with Gasteiger partial charge in [-0.3, -0.25) is 0 Å². The number of hydrogen-bond donors (Lipinski definition) is 1. The molecule has 1 atom stereocenters. The summed E-state index contributed by atoms with van der Waals surface area (Å²) in [7, 11) is 1.66. The fourth-order valence-corrected chi connectivity index (χ4v) is 2.07. The molecule has 2 rings (SSSR count). The molecule has 0 radical (unpaired) electrons. The summed E-state index contributed by atoms with van der Waals surface area (Å²) in [6.45, 7) is 0. The van der Waals surface area contributed by atoms with Crippen LogP contribution in [-0.2, 0) is 0 Å². The summed E-state index contributed by atoms with van der Waals surface area (Å²) < 4.78 is 5.27. The van der Waals surface area contributed by atoms with E-state index in [1.54, 1.807) is 18.9 Å². The topological polar surface area (TPSA) is 38.5 Å². The smallest absolute Gasteiger partial charge is 0.142 e.